The zero-order valence-corrected chi connectivity index (χ0v) is 19.6. The number of nitrogens with zero attached hydrogens (tertiary/aromatic N) is 2. The fraction of sp³-hybridized carbons (Fsp3) is 0.421. The lowest BCUT2D eigenvalue weighted by atomic mass is 10.0. The molecule has 1 aromatic carbocycles. The first kappa shape index (κ1) is 23.2. The SMILES string of the molecule is COc1cc(O)c2c(c1C)C(=O)OCC(=S)NCC(=S)N[C@H](c1nc(C)no1)CSC2. The molecule has 0 spiro atoms. The minimum absolute atomic E-state index is 0.0524. The van der Waals surface area contributed by atoms with Crippen LogP contribution in [0.15, 0.2) is 10.6 Å². The van der Waals surface area contributed by atoms with E-state index in [9.17, 15) is 9.90 Å². The predicted molar refractivity (Wildman–Crippen MR) is 124 cm³/mol. The number of thiocarbonyl (C=S) groups is 2. The van der Waals surface area contributed by atoms with Gasteiger partial charge in [0.2, 0.25) is 5.89 Å². The summed E-state index contributed by atoms with van der Waals surface area (Å²) in [5.74, 6) is 1.49. The van der Waals surface area contributed by atoms with E-state index >= 15 is 0 Å². The summed E-state index contributed by atoms with van der Waals surface area (Å²) in [6.07, 6.45) is 0. The monoisotopic (exact) mass is 482 g/mol. The first-order valence-corrected chi connectivity index (χ1v) is 11.3. The van der Waals surface area contributed by atoms with Gasteiger partial charge in [-0.1, -0.05) is 29.6 Å². The Kier molecular flexibility index (Phi) is 7.68. The number of carbonyl (C=O) groups excluding carboxylic acids is 1. The highest BCUT2D eigenvalue weighted by molar-refractivity contribution is 7.98. The lowest BCUT2D eigenvalue weighted by molar-refractivity contribution is 0.0560. The van der Waals surface area contributed by atoms with Crippen LogP contribution in [-0.4, -0.2) is 57.2 Å². The van der Waals surface area contributed by atoms with E-state index in [1.807, 2.05) is 0 Å². The van der Waals surface area contributed by atoms with Crippen molar-refractivity contribution in [3.63, 3.8) is 0 Å². The van der Waals surface area contributed by atoms with Gasteiger partial charge in [0.25, 0.3) is 0 Å². The van der Waals surface area contributed by atoms with Gasteiger partial charge in [-0.25, -0.2) is 4.79 Å². The van der Waals surface area contributed by atoms with Crippen molar-refractivity contribution >= 4 is 52.1 Å². The Labute approximate surface area is 194 Å². The number of aryl methyl sites for hydroxylation is 1. The number of nitrogens with one attached hydrogen (secondary N) is 2. The average Bonchev–Trinajstić information content (AvgIpc) is 3.17. The molecule has 0 saturated carbocycles. The molecule has 3 N–H and O–H groups in total. The van der Waals surface area contributed by atoms with Crippen molar-refractivity contribution in [3.8, 4) is 11.5 Å². The van der Waals surface area contributed by atoms with E-state index < -0.39 is 5.97 Å². The van der Waals surface area contributed by atoms with Crippen molar-refractivity contribution in [2.75, 3.05) is 26.0 Å². The van der Waals surface area contributed by atoms with Gasteiger partial charge in [0.05, 0.1) is 24.2 Å². The first-order valence-electron chi connectivity index (χ1n) is 9.30. The molecule has 12 heteroatoms. The van der Waals surface area contributed by atoms with E-state index in [1.165, 1.54) is 24.9 Å². The standard InChI is InChI=1S/C19H22N4O5S3/c1-9-14(26-3)4-13(24)11-7-31-8-12(18-21-10(2)23-28-18)22-15(29)5-20-16(30)6-27-19(25)17(9)11/h4,12,24H,5-8H2,1-3H3,(H,20,30)(H,22,29)/t12-/m0/s1. The molecule has 0 amide bonds. The summed E-state index contributed by atoms with van der Waals surface area (Å²) in [7, 11) is 1.47. The number of phenols is 1. The fourth-order valence-electron chi connectivity index (χ4n) is 3.02. The molecule has 31 heavy (non-hydrogen) atoms. The normalized spacial score (nSPS) is 18.3. The molecule has 2 heterocycles. The number of hydrogen-bond donors (Lipinski definition) is 3. The molecule has 1 aromatic heterocycles. The maximum Gasteiger partial charge on any atom is 0.339 e. The highest BCUT2D eigenvalue weighted by Gasteiger charge is 2.25. The van der Waals surface area contributed by atoms with Gasteiger partial charge >= 0.3 is 5.97 Å². The van der Waals surface area contributed by atoms with Crippen molar-refractivity contribution in [2.24, 2.45) is 0 Å². The molecule has 2 aromatic rings. The van der Waals surface area contributed by atoms with E-state index in [0.717, 1.165) is 0 Å². The zero-order chi connectivity index (χ0) is 22.5. The van der Waals surface area contributed by atoms with Gasteiger partial charge in [-0.15, -0.1) is 0 Å². The van der Waals surface area contributed by atoms with Crippen LogP contribution >= 0.6 is 36.2 Å². The summed E-state index contributed by atoms with van der Waals surface area (Å²) >= 11 is 12.1. The summed E-state index contributed by atoms with van der Waals surface area (Å²) in [4.78, 5) is 18.0. The van der Waals surface area contributed by atoms with E-state index in [-0.39, 0.29) is 30.5 Å². The summed E-state index contributed by atoms with van der Waals surface area (Å²) in [6.45, 7) is 3.63. The molecule has 1 atom stereocenters. The number of carbonyl (C=O) groups is 1. The second-order valence-corrected chi connectivity index (χ2v) is 8.76. The van der Waals surface area contributed by atoms with Gasteiger partial charge < -0.3 is 29.7 Å². The third kappa shape index (κ3) is 5.63. The number of hydrogen-bond acceptors (Lipinski definition) is 10. The molecule has 0 radical (unpaired) electrons. The Balaban J connectivity index is 1.95. The molecule has 1 aliphatic heterocycles. The largest absolute Gasteiger partial charge is 0.507 e. The molecule has 1 aliphatic rings. The highest BCUT2D eigenvalue weighted by Crippen LogP contribution is 2.36. The maximum absolute atomic E-state index is 12.9. The lowest BCUT2D eigenvalue weighted by Gasteiger charge is -2.20. The molecule has 0 fully saturated rings. The summed E-state index contributed by atoms with van der Waals surface area (Å²) in [5, 5.41) is 20.6. The molecule has 9 nitrogen and oxygen atoms in total. The van der Waals surface area contributed by atoms with Crippen molar-refractivity contribution < 1.29 is 23.9 Å². The Bertz CT molecular complexity index is 1010. The van der Waals surface area contributed by atoms with Crippen LogP contribution in [0.2, 0.25) is 0 Å². The number of ether oxygens (including phenoxy) is 2. The first-order chi connectivity index (χ1) is 14.8. The van der Waals surface area contributed by atoms with Crippen LogP contribution in [0.3, 0.4) is 0 Å². The summed E-state index contributed by atoms with van der Waals surface area (Å²) in [6, 6.07) is 1.14. The number of benzene rings is 1. The van der Waals surface area contributed by atoms with E-state index in [0.29, 0.717) is 50.1 Å². The van der Waals surface area contributed by atoms with E-state index in [4.69, 9.17) is 38.4 Å². The molecular formula is C19H22N4O5S3. The number of fused-ring (bicyclic) bond motifs is 1. The number of aromatic hydroxyl groups is 1. The number of aromatic nitrogens is 2. The number of methoxy groups -OCH3 is 1. The van der Waals surface area contributed by atoms with Crippen LogP contribution in [0.1, 0.15) is 39.2 Å². The molecule has 166 valence electrons. The summed E-state index contributed by atoms with van der Waals surface area (Å²) in [5.41, 5.74) is 1.29. The summed E-state index contributed by atoms with van der Waals surface area (Å²) < 4.78 is 16.0. The number of cyclic esters (lactones) is 1. The number of phenolic OH excluding ortho intramolecular Hbond substituents is 1. The van der Waals surface area contributed by atoms with Crippen molar-refractivity contribution in [2.45, 2.75) is 25.6 Å². The third-order valence-corrected chi connectivity index (χ3v) is 6.12. The third-order valence-electron chi connectivity index (χ3n) is 4.54. The minimum Gasteiger partial charge on any atom is -0.507 e. The Morgan fingerprint density at radius 1 is 1.32 bits per heavy atom. The molecule has 0 unspecified atom stereocenters. The van der Waals surface area contributed by atoms with Gasteiger partial charge in [-0.2, -0.15) is 16.7 Å². The minimum atomic E-state index is -0.590. The van der Waals surface area contributed by atoms with Crippen LogP contribution in [0.25, 0.3) is 0 Å². The van der Waals surface area contributed by atoms with Gasteiger partial charge in [0.1, 0.15) is 29.1 Å². The van der Waals surface area contributed by atoms with E-state index in [1.54, 1.807) is 13.8 Å². The second kappa shape index (κ2) is 10.2. The molecular weight excluding hydrogens is 460 g/mol. The van der Waals surface area contributed by atoms with Gasteiger partial charge in [0.15, 0.2) is 5.82 Å². The topological polar surface area (TPSA) is 119 Å². The van der Waals surface area contributed by atoms with Crippen molar-refractivity contribution in [1.29, 1.82) is 0 Å². The number of rotatable bonds is 2. The highest BCUT2D eigenvalue weighted by atomic mass is 32.2. The van der Waals surface area contributed by atoms with Crippen LogP contribution in [0.4, 0.5) is 0 Å². The van der Waals surface area contributed by atoms with Gasteiger partial charge in [-0.05, 0) is 13.8 Å². The van der Waals surface area contributed by atoms with Crippen molar-refractivity contribution in [3.05, 3.63) is 34.5 Å². The average molecular weight is 483 g/mol. The Hall–Kier alpha value is -2.44. The Morgan fingerprint density at radius 2 is 2.10 bits per heavy atom. The van der Waals surface area contributed by atoms with E-state index in [2.05, 4.69) is 20.8 Å². The molecule has 0 aliphatic carbocycles. The maximum atomic E-state index is 12.9. The number of thioether (sulfide) groups is 1. The zero-order valence-electron chi connectivity index (χ0n) is 17.2. The van der Waals surface area contributed by atoms with Crippen LogP contribution in [0, 0.1) is 13.8 Å². The lowest BCUT2D eigenvalue weighted by Crippen LogP contribution is -2.39. The Morgan fingerprint density at radius 3 is 2.77 bits per heavy atom. The molecule has 0 saturated heterocycles. The van der Waals surface area contributed by atoms with Gasteiger partial charge in [-0.3, -0.25) is 0 Å². The quantitative estimate of drug-likeness (QED) is 0.431. The second-order valence-electron chi connectivity index (χ2n) is 6.74. The number of esters is 1. The molecule has 0 bridgehead atoms. The van der Waals surface area contributed by atoms with Crippen LogP contribution in [-0.2, 0) is 10.5 Å². The van der Waals surface area contributed by atoms with Crippen molar-refractivity contribution in [1.82, 2.24) is 20.8 Å². The van der Waals surface area contributed by atoms with Crippen LogP contribution in [0.5, 0.6) is 11.5 Å². The van der Waals surface area contributed by atoms with Gasteiger partial charge in [0, 0.05) is 28.7 Å². The fourth-order valence-corrected chi connectivity index (χ4v) is 4.44. The predicted octanol–water partition coefficient (Wildman–Crippen LogP) is 2.38. The molecule has 3 rings (SSSR count). The smallest absolute Gasteiger partial charge is 0.339 e. The van der Waals surface area contributed by atoms with Crippen LogP contribution < -0.4 is 15.4 Å².